The molecule has 0 bridgehead atoms. The van der Waals surface area contributed by atoms with E-state index in [1.807, 2.05) is 0 Å². The Bertz CT molecular complexity index is 1040. The van der Waals surface area contributed by atoms with E-state index < -0.39 is 38.9 Å². The molecule has 2 aromatic carbocycles. The smallest absolute Gasteiger partial charge is 0.315 e. The maximum Gasteiger partial charge on any atom is 0.315 e. The molecule has 3 N–H and O–H groups in total. The minimum absolute atomic E-state index is 0.0658. The van der Waals surface area contributed by atoms with Gasteiger partial charge in [0.15, 0.2) is 5.75 Å². The number of phenols is 1. The van der Waals surface area contributed by atoms with E-state index in [0.29, 0.717) is 5.39 Å². The minimum Gasteiger partial charge on any atom is -0.504 e. The summed E-state index contributed by atoms with van der Waals surface area (Å²) in [5.74, 6) is -1.44. The van der Waals surface area contributed by atoms with E-state index in [4.69, 9.17) is 0 Å². The van der Waals surface area contributed by atoms with Crippen molar-refractivity contribution in [3.63, 3.8) is 0 Å². The average molecular weight is 354 g/mol. The lowest BCUT2D eigenvalue weighted by molar-refractivity contribution is 0.445. The van der Waals surface area contributed by atoms with Crippen molar-refractivity contribution in [2.75, 3.05) is 5.32 Å². The number of phenolic OH excluding ortho intramolecular Hbond substituents is 1. The van der Waals surface area contributed by atoms with Crippen molar-refractivity contribution in [2.45, 2.75) is 4.90 Å². The van der Waals surface area contributed by atoms with Gasteiger partial charge in [-0.05, 0) is 11.5 Å². The standard InChI is InChI=1S/C13H8F2N4O4S/c14-11-17-12(15)19-13(18-11)16-8-5-6-3-1-2-4-7(6)10(9(8)20)24(21,22)23/h1-5,20H,(H,21,22,23)(H,16,17,18,19). The highest BCUT2D eigenvalue weighted by molar-refractivity contribution is 7.86. The number of hydrogen-bond acceptors (Lipinski definition) is 7. The zero-order valence-electron chi connectivity index (χ0n) is 11.6. The Morgan fingerprint density at radius 3 is 2.29 bits per heavy atom. The van der Waals surface area contributed by atoms with Gasteiger partial charge >= 0.3 is 12.2 Å². The van der Waals surface area contributed by atoms with Crippen molar-refractivity contribution in [3.8, 4) is 5.75 Å². The summed E-state index contributed by atoms with van der Waals surface area (Å²) in [6.07, 6.45) is -2.81. The van der Waals surface area contributed by atoms with Gasteiger partial charge in [-0.25, -0.2) is 0 Å². The van der Waals surface area contributed by atoms with Crippen LogP contribution >= 0.6 is 0 Å². The van der Waals surface area contributed by atoms with Gasteiger partial charge in [0.1, 0.15) is 4.90 Å². The molecule has 0 unspecified atom stereocenters. The zero-order valence-corrected chi connectivity index (χ0v) is 12.4. The first kappa shape index (κ1) is 16.0. The van der Waals surface area contributed by atoms with Crippen molar-refractivity contribution >= 4 is 32.5 Å². The maximum absolute atomic E-state index is 13.0. The van der Waals surface area contributed by atoms with Crippen LogP contribution in [0.25, 0.3) is 10.8 Å². The van der Waals surface area contributed by atoms with Crippen LogP contribution < -0.4 is 5.32 Å². The second-order valence-corrected chi connectivity index (χ2v) is 5.98. The van der Waals surface area contributed by atoms with Gasteiger partial charge in [0.25, 0.3) is 10.1 Å². The summed E-state index contributed by atoms with van der Waals surface area (Å²) in [5, 5.41) is 12.9. The molecule has 0 amide bonds. The molecule has 0 fully saturated rings. The average Bonchev–Trinajstić information content (AvgIpc) is 2.45. The highest BCUT2D eigenvalue weighted by Gasteiger charge is 2.23. The number of anilines is 2. The molecule has 1 aromatic heterocycles. The fourth-order valence-electron chi connectivity index (χ4n) is 2.16. The number of nitrogens with one attached hydrogen (secondary N) is 1. The molecule has 1 heterocycles. The van der Waals surface area contributed by atoms with E-state index in [9.17, 15) is 26.9 Å². The Morgan fingerprint density at radius 2 is 1.67 bits per heavy atom. The SMILES string of the molecule is O=S(=O)(O)c1c(O)c(Nc2nc(F)nc(F)n2)cc2ccccc12. The van der Waals surface area contributed by atoms with Crippen LogP contribution in [0.15, 0.2) is 35.2 Å². The highest BCUT2D eigenvalue weighted by Crippen LogP contribution is 2.38. The van der Waals surface area contributed by atoms with Gasteiger partial charge in [0.05, 0.1) is 5.69 Å². The van der Waals surface area contributed by atoms with Crippen LogP contribution in [-0.4, -0.2) is 33.0 Å². The molecule has 3 rings (SSSR count). The first-order valence-corrected chi connectivity index (χ1v) is 7.76. The van der Waals surface area contributed by atoms with E-state index in [1.54, 1.807) is 6.07 Å². The van der Waals surface area contributed by atoms with Gasteiger partial charge < -0.3 is 10.4 Å². The Hall–Kier alpha value is -2.92. The summed E-state index contributed by atoms with van der Waals surface area (Å²) in [6.45, 7) is 0. The van der Waals surface area contributed by atoms with E-state index in [2.05, 4.69) is 20.3 Å². The topological polar surface area (TPSA) is 125 Å². The van der Waals surface area contributed by atoms with Crippen LogP contribution in [-0.2, 0) is 10.1 Å². The summed E-state index contributed by atoms with van der Waals surface area (Å²) in [5.41, 5.74) is -0.272. The van der Waals surface area contributed by atoms with E-state index >= 15 is 0 Å². The molecule has 0 saturated heterocycles. The summed E-state index contributed by atoms with van der Waals surface area (Å²) in [7, 11) is -4.78. The predicted octanol–water partition coefficient (Wildman–Crippen LogP) is 2.00. The number of aromatic hydroxyl groups is 1. The third-order valence-corrected chi connectivity index (χ3v) is 3.99. The number of halogens is 2. The van der Waals surface area contributed by atoms with Crippen molar-refractivity contribution in [1.82, 2.24) is 15.0 Å². The van der Waals surface area contributed by atoms with Crippen LogP contribution in [0.3, 0.4) is 0 Å². The third kappa shape index (κ3) is 2.94. The molecule has 0 aliphatic carbocycles. The molecule has 0 radical (unpaired) electrons. The molecule has 8 nitrogen and oxygen atoms in total. The van der Waals surface area contributed by atoms with Gasteiger partial charge in [-0.1, -0.05) is 24.3 Å². The largest absolute Gasteiger partial charge is 0.504 e. The summed E-state index contributed by atoms with van der Waals surface area (Å²) in [6, 6.07) is 7.31. The number of fused-ring (bicyclic) bond motifs is 1. The zero-order chi connectivity index (χ0) is 17.5. The number of rotatable bonds is 3. The van der Waals surface area contributed by atoms with Crippen LogP contribution in [0, 0.1) is 12.2 Å². The molecule has 24 heavy (non-hydrogen) atoms. The quantitative estimate of drug-likeness (QED) is 0.482. The molecule has 124 valence electrons. The Balaban J connectivity index is 2.23. The normalized spacial score (nSPS) is 11.6. The molecule has 11 heteroatoms. The number of benzene rings is 2. The van der Waals surface area contributed by atoms with Crippen LogP contribution in [0.4, 0.5) is 20.4 Å². The fourth-order valence-corrected chi connectivity index (χ4v) is 2.98. The third-order valence-electron chi connectivity index (χ3n) is 3.06. The van der Waals surface area contributed by atoms with Crippen LogP contribution in [0.5, 0.6) is 5.75 Å². The Labute approximate surface area is 133 Å². The monoisotopic (exact) mass is 354 g/mol. The van der Waals surface area contributed by atoms with Crippen molar-refractivity contribution < 1.29 is 26.9 Å². The van der Waals surface area contributed by atoms with Gasteiger partial charge in [0, 0.05) is 5.39 Å². The maximum atomic E-state index is 13.0. The molecule has 0 aliphatic heterocycles. The van der Waals surface area contributed by atoms with E-state index in [-0.39, 0.29) is 11.1 Å². The van der Waals surface area contributed by atoms with E-state index in [0.717, 1.165) is 0 Å². The molecule has 3 aromatic rings. The molecule has 0 saturated carbocycles. The van der Waals surface area contributed by atoms with Crippen molar-refractivity contribution in [1.29, 1.82) is 0 Å². The van der Waals surface area contributed by atoms with Gasteiger partial charge in [-0.15, -0.1) is 0 Å². The second kappa shape index (κ2) is 5.62. The van der Waals surface area contributed by atoms with Gasteiger partial charge in [-0.2, -0.15) is 32.2 Å². The first-order valence-electron chi connectivity index (χ1n) is 6.32. The second-order valence-electron chi connectivity index (χ2n) is 4.62. The summed E-state index contributed by atoms with van der Waals surface area (Å²) in [4.78, 5) is 8.32. The van der Waals surface area contributed by atoms with E-state index in [1.165, 1.54) is 24.3 Å². The molecular weight excluding hydrogens is 346 g/mol. The van der Waals surface area contributed by atoms with Crippen LogP contribution in [0.1, 0.15) is 0 Å². The number of aromatic nitrogens is 3. The fraction of sp³-hybridized carbons (Fsp3) is 0. The van der Waals surface area contributed by atoms with Crippen molar-refractivity contribution in [2.24, 2.45) is 0 Å². The van der Waals surface area contributed by atoms with Crippen LogP contribution in [0.2, 0.25) is 0 Å². The number of nitrogens with zero attached hydrogens (tertiary/aromatic N) is 3. The Kier molecular flexibility index (Phi) is 3.73. The van der Waals surface area contributed by atoms with Gasteiger partial charge in [0.2, 0.25) is 5.95 Å². The summed E-state index contributed by atoms with van der Waals surface area (Å²) < 4.78 is 58.6. The minimum atomic E-state index is -4.78. The molecule has 0 atom stereocenters. The lowest BCUT2D eigenvalue weighted by atomic mass is 10.1. The van der Waals surface area contributed by atoms with Gasteiger partial charge in [-0.3, -0.25) is 4.55 Å². The molecular formula is C13H8F2N4O4S. The lowest BCUT2D eigenvalue weighted by Gasteiger charge is -2.12. The Morgan fingerprint density at radius 1 is 1.04 bits per heavy atom. The lowest BCUT2D eigenvalue weighted by Crippen LogP contribution is -2.06. The summed E-state index contributed by atoms with van der Waals surface area (Å²) >= 11 is 0. The molecule has 0 aliphatic rings. The predicted molar refractivity (Wildman–Crippen MR) is 78.5 cm³/mol. The highest BCUT2D eigenvalue weighted by atomic mass is 32.2. The first-order chi connectivity index (χ1) is 11.3. The molecule has 0 spiro atoms. The van der Waals surface area contributed by atoms with Crippen molar-refractivity contribution in [3.05, 3.63) is 42.5 Å². The number of hydrogen-bond donors (Lipinski definition) is 3.